The Bertz CT molecular complexity index is 599. The minimum Gasteiger partial charge on any atom is -0.309 e. The number of aryl methyl sites for hydroxylation is 2. The van der Waals surface area contributed by atoms with Crippen molar-refractivity contribution in [1.82, 2.24) is 19.3 Å². The molecule has 4 nitrogen and oxygen atoms in total. The number of hydrogen-bond acceptors (Lipinski definition) is 2. The van der Waals surface area contributed by atoms with Gasteiger partial charge in [-0.1, -0.05) is 33.6 Å². The first kappa shape index (κ1) is 16.3. The summed E-state index contributed by atoms with van der Waals surface area (Å²) in [5.41, 5.74) is 3.24. The number of alkyl halides is 1. The highest BCUT2D eigenvalue weighted by Gasteiger charge is 2.22. The molecule has 0 saturated heterocycles. The van der Waals surface area contributed by atoms with E-state index < -0.39 is 0 Å². The van der Waals surface area contributed by atoms with Crippen LogP contribution >= 0.6 is 11.6 Å². The van der Waals surface area contributed by atoms with Crippen LogP contribution in [0, 0.1) is 5.92 Å². The molecule has 0 fully saturated rings. The molecule has 0 bridgehead atoms. The number of imidazole rings is 1. The maximum atomic E-state index is 6.14. The van der Waals surface area contributed by atoms with Gasteiger partial charge >= 0.3 is 0 Å². The molecular weight excluding hydrogens is 284 g/mol. The minimum atomic E-state index is 0.392. The van der Waals surface area contributed by atoms with Gasteiger partial charge in [0, 0.05) is 13.1 Å². The van der Waals surface area contributed by atoms with E-state index in [0.717, 1.165) is 41.9 Å². The summed E-state index contributed by atoms with van der Waals surface area (Å²) in [6, 6.07) is 0.392. The van der Waals surface area contributed by atoms with Crippen molar-refractivity contribution >= 4 is 22.8 Å². The molecule has 0 radical (unpaired) electrons. The van der Waals surface area contributed by atoms with Gasteiger partial charge in [0.25, 0.3) is 0 Å². The fraction of sp³-hybridized carbons (Fsp3) is 0.750. The molecule has 2 unspecified atom stereocenters. The summed E-state index contributed by atoms with van der Waals surface area (Å²) in [5, 5.41) is 4.65. The molecule has 2 aromatic heterocycles. The van der Waals surface area contributed by atoms with Crippen molar-refractivity contribution in [3.63, 3.8) is 0 Å². The van der Waals surface area contributed by atoms with Crippen molar-refractivity contribution in [2.45, 2.75) is 65.3 Å². The summed E-state index contributed by atoms with van der Waals surface area (Å²) in [7, 11) is 2.01. The van der Waals surface area contributed by atoms with Gasteiger partial charge in [-0.25, -0.2) is 4.98 Å². The average Bonchev–Trinajstić information content (AvgIpc) is 2.98. The van der Waals surface area contributed by atoms with E-state index in [9.17, 15) is 0 Å². The van der Waals surface area contributed by atoms with Gasteiger partial charge < -0.3 is 4.57 Å². The molecule has 0 aliphatic carbocycles. The van der Waals surface area contributed by atoms with Gasteiger partial charge in [-0.3, -0.25) is 4.68 Å². The molecule has 0 aromatic carbocycles. The largest absolute Gasteiger partial charge is 0.309 e. The molecule has 0 spiro atoms. The Kier molecular flexibility index (Phi) is 5.31. The van der Waals surface area contributed by atoms with Crippen LogP contribution < -0.4 is 0 Å². The number of rotatable bonds is 7. The molecule has 2 rings (SSSR count). The Morgan fingerprint density at radius 2 is 1.95 bits per heavy atom. The van der Waals surface area contributed by atoms with E-state index >= 15 is 0 Å². The number of nitrogens with zero attached hydrogens (tertiary/aromatic N) is 4. The van der Waals surface area contributed by atoms with Crippen molar-refractivity contribution in [3.8, 4) is 0 Å². The Balaban J connectivity index is 2.50. The van der Waals surface area contributed by atoms with Crippen LogP contribution in [0.15, 0.2) is 0 Å². The third kappa shape index (κ3) is 3.10. The van der Waals surface area contributed by atoms with Crippen LogP contribution in [-0.2, 0) is 19.3 Å². The first-order valence-electron chi connectivity index (χ1n) is 8.02. The lowest BCUT2D eigenvalue weighted by atomic mass is 10.0. The summed E-state index contributed by atoms with van der Waals surface area (Å²) in [6.45, 7) is 8.98. The predicted octanol–water partition coefficient (Wildman–Crippen LogP) is 4.46. The molecule has 2 atom stereocenters. The molecule has 2 heterocycles. The van der Waals surface area contributed by atoms with Crippen molar-refractivity contribution in [3.05, 3.63) is 11.5 Å². The molecular formula is C16H27ClN4. The summed E-state index contributed by atoms with van der Waals surface area (Å²) in [6.07, 6.45) is 4.39. The monoisotopic (exact) mass is 310 g/mol. The van der Waals surface area contributed by atoms with E-state index in [2.05, 4.69) is 37.4 Å². The van der Waals surface area contributed by atoms with Crippen molar-refractivity contribution < 1.29 is 0 Å². The van der Waals surface area contributed by atoms with Crippen LogP contribution in [0.5, 0.6) is 0 Å². The lowest BCUT2D eigenvalue weighted by Gasteiger charge is -2.20. The standard InChI is InChI=1S/C16H27ClN4/c1-6-8-13-15-16(20(5)19-13)21(14(10-17)18-15)12(4)9-11(3)7-2/h11-12H,6-10H2,1-5H3. The van der Waals surface area contributed by atoms with Gasteiger partial charge in [0.05, 0.1) is 11.6 Å². The highest BCUT2D eigenvalue weighted by molar-refractivity contribution is 6.16. The first-order chi connectivity index (χ1) is 10.0. The second-order valence-corrected chi connectivity index (χ2v) is 6.39. The van der Waals surface area contributed by atoms with Crippen LogP contribution in [0.2, 0.25) is 0 Å². The lowest BCUT2D eigenvalue weighted by molar-refractivity contribution is 0.395. The third-order valence-electron chi connectivity index (χ3n) is 4.30. The second kappa shape index (κ2) is 6.82. The molecule has 0 saturated carbocycles. The van der Waals surface area contributed by atoms with Crippen molar-refractivity contribution in [2.24, 2.45) is 13.0 Å². The number of halogens is 1. The van der Waals surface area contributed by atoms with Crippen LogP contribution in [0.3, 0.4) is 0 Å². The van der Waals surface area contributed by atoms with Gasteiger partial charge in [0.15, 0.2) is 5.65 Å². The maximum absolute atomic E-state index is 6.14. The normalized spacial score (nSPS) is 14.8. The highest BCUT2D eigenvalue weighted by Crippen LogP contribution is 2.29. The zero-order valence-corrected chi connectivity index (χ0v) is 14.6. The van der Waals surface area contributed by atoms with Gasteiger partial charge in [0.1, 0.15) is 11.3 Å². The molecule has 0 N–H and O–H groups in total. The molecule has 0 aliphatic heterocycles. The molecule has 118 valence electrons. The van der Waals surface area contributed by atoms with Crippen LogP contribution in [0.4, 0.5) is 0 Å². The molecule has 2 aromatic rings. The fourth-order valence-electron chi connectivity index (χ4n) is 3.06. The minimum absolute atomic E-state index is 0.392. The SMILES string of the molecule is CCCc1nn(C)c2c1nc(CCl)n2C(C)CC(C)CC. The van der Waals surface area contributed by atoms with Crippen LogP contribution in [0.25, 0.3) is 11.2 Å². The van der Waals surface area contributed by atoms with Crippen LogP contribution in [0.1, 0.15) is 64.5 Å². The average molecular weight is 311 g/mol. The highest BCUT2D eigenvalue weighted by atomic mass is 35.5. The smallest absolute Gasteiger partial charge is 0.158 e. The molecule has 5 heteroatoms. The zero-order chi connectivity index (χ0) is 15.6. The number of hydrogen-bond donors (Lipinski definition) is 0. The third-order valence-corrected chi connectivity index (χ3v) is 4.54. The lowest BCUT2D eigenvalue weighted by Crippen LogP contribution is -2.14. The van der Waals surface area contributed by atoms with E-state index in [1.807, 2.05) is 11.7 Å². The van der Waals surface area contributed by atoms with Gasteiger partial charge in [0.2, 0.25) is 0 Å². The summed E-state index contributed by atoms with van der Waals surface area (Å²) < 4.78 is 4.26. The Labute approximate surface area is 132 Å². The maximum Gasteiger partial charge on any atom is 0.158 e. The second-order valence-electron chi connectivity index (χ2n) is 6.12. The summed E-state index contributed by atoms with van der Waals surface area (Å²) in [4.78, 5) is 4.77. The summed E-state index contributed by atoms with van der Waals surface area (Å²) in [5.74, 6) is 2.11. The van der Waals surface area contributed by atoms with E-state index in [-0.39, 0.29) is 0 Å². The number of fused-ring (bicyclic) bond motifs is 1. The van der Waals surface area contributed by atoms with E-state index in [0.29, 0.717) is 17.8 Å². The quantitative estimate of drug-likeness (QED) is 0.708. The van der Waals surface area contributed by atoms with E-state index in [1.165, 1.54) is 6.42 Å². The van der Waals surface area contributed by atoms with Crippen molar-refractivity contribution in [1.29, 1.82) is 0 Å². The Morgan fingerprint density at radius 3 is 2.52 bits per heavy atom. The van der Waals surface area contributed by atoms with Crippen molar-refractivity contribution in [2.75, 3.05) is 0 Å². The Morgan fingerprint density at radius 1 is 1.24 bits per heavy atom. The van der Waals surface area contributed by atoms with E-state index in [1.54, 1.807) is 0 Å². The molecule has 21 heavy (non-hydrogen) atoms. The molecule has 0 amide bonds. The predicted molar refractivity (Wildman–Crippen MR) is 88.8 cm³/mol. The number of aromatic nitrogens is 4. The van der Waals surface area contributed by atoms with Gasteiger partial charge in [-0.15, -0.1) is 11.6 Å². The summed E-state index contributed by atoms with van der Waals surface area (Å²) >= 11 is 6.14. The van der Waals surface area contributed by atoms with Crippen LogP contribution in [-0.4, -0.2) is 19.3 Å². The van der Waals surface area contributed by atoms with E-state index in [4.69, 9.17) is 16.6 Å². The van der Waals surface area contributed by atoms with Gasteiger partial charge in [-0.05, 0) is 25.7 Å². The zero-order valence-electron chi connectivity index (χ0n) is 13.9. The Hall–Kier alpha value is -1.03. The fourth-order valence-corrected chi connectivity index (χ4v) is 3.25. The first-order valence-corrected chi connectivity index (χ1v) is 8.55. The molecule has 0 aliphatic rings. The van der Waals surface area contributed by atoms with Gasteiger partial charge in [-0.2, -0.15) is 5.10 Å². The topological polar surface area (TPSA) is 35.6 Å².